The number of amides is 6. The molecule has 19 heteroatoms. The van der Waals surface area contributed by atoms with Gasteiger partial charge in [0.1, 0.15) is 24.4 Å². The Bertz CT molecular complexity index is 1220. The average molecular weight is 687 g/mol. The third-order valence-corrected chi connectivity index (χ3v) is 9.03. The van der Waals surface area contributed by atoms with E-state index in [1.807, 2.05) is 0 Å². The number of carbonyl (C=O) groups is 9. The fourth-order valence-electron chi connectivity index (χ4n) is 5.12. The van der Waals surface area contributed by atoms with Crippen LogP contribution in [0.4, 0.5) is 4.79 Å². The fourth-order valence-corrected chi connectivity index (χ4v) is 6.66. The molecule has 0 bridgehead atoms. The lowest BCUT2D eigenvalue weighted by atomic mass is 10.0. The van der Waals surface area contributed by atoms with Crippen LogP contribution in [-0.2, 0) is 38.4 Å². The summed E-state index contributed by atoms with van der Waals surface area (Å²) in [6.45, 7) is 3.07. The number of urea groups is 1. The molecule has 0 saturated carbocycles. The Kier molecular flexibility index (Phi) is 15.4. The molecule has 0 radical (unpaired) electrons. The van der Waals surface area contributed by atoms with Crippen LogP contribution in [0.25, 0.3) is 0 Å². The van der Waals surface area contributed by atoms with Crippen molar-refractivity contribution in [3.8, 4) is 0 Å². The van der Waals surface area contributed by atoms with E-state index >= 15 is 0 Å². The Morgan fingerprint density at radius 2 is 1.49 bits per heavy atom. The second kappa shape index (κ2) is 18.7. The maximum Gasteiger partial charge on any atom is 0.315 e. The number of nitrogens with one attached hydrogen (secondary N) is 6. The first kappa shape index (κ1) is 38.8. The fraction of sp³-hybridized carbons (Fsp3) is 0.679. The number of hydrogen-bond acceptors (Lipinski definition) is 10. The summed E-state index contributed by atoms with van der Waals surface area (Å²) in [5, 5.41) is 42.5. The number of carboxylic acid groups (broad SMARTS) is 3. The molecule has 0 spiro atoms. The minimum Gasteiger partial charge on any atom is -0.481 e. The van der Waals surface area contributed by atoms with Crippen molar-refractivity contribution in [2.75, 3.05) is 5.75 Å². The highest BCUT2D eigenvalue weighted by molar-refractivity contribution is 8.00. The van der Waals surface area contributed by atoms with Crippen molar-refractivity contribution >= 4 is 65.6 Å². The maximum atomic E-state index is 13.2. The Labute approximate surface area is 274 Å². The number of aliphatic carboxylic acids is 3. The molecule has 0 unspecified atom stereocenters. The molecule has 47 heavy (non-hydrogen) atoms. The van der Waals surface area contributed by atoms with E-state index in [1.165, 1.54) is 13.8 Å². The Hall–Kier alpha value is -4.42. The van der Waals surface area contributed by atoms with Gasteiger partial charge in [0.25, 0.3) is 0 Å². The SMILES string of the molecule is CC(C)[C@H](NC(=O)[C@H](CCC(=O)O)NC(=O)[C@H](CC(=O)O)NC(=O)CCCC[C@@H]1SC[C@@H]2NC(=O)N[C@H]21)C(=O)N[C@@H](C=O)CC(=O)O. The van der Waals surface area contributed by atoms with Crippen molar-refractivity contribution in [2.24, 2.45) is 5.92 Å². The van der Waals surface area contributed by atoms with Gasteiger partial charge in [0.05, 0.1) is 31.0 Å². The van der Waals surface area contributed by atoms with E-state index in [-0.39, 0.29) is 36.1 Å². The zero-order valence-corrected chi connectivity index (χ0v) is 26.8. The van der Waals surface area contributed by atoms with Gasteiger partial charge in [-0.25, -0.2) is 4.79 Å². The van der Waals surface area contributed by atoms with Crippen LogP contribution in [0.1, 0.15) is 65.2 Å². The van der Waals surface area contributed by atoms with Crippen molar-refractivity contribution in [3.63, 3.8) is 0 Å². The number of thioether (sulfide) groups is 1. The summed E-state index contributed by atoms with van der Waals surface area (Å²) in [5.41, 5.74) is 0. The molecule has 262 valence electrons. The number of unbranched alkanes of at least 4 members (excludes halogenated alkanes) is 1. The maximum absolute atomic E-state index is 13.2. The molecule has 0 aliphatic carbocycles. The van der Waals surface area contributed by atoms with E-state index in [0.29, 0.717) is 12.8 Å². The lowest BCUT2D eigenvalue weighted by Gasteiger charge is -2.27. The van der Waals surface area contributed by atoms with Crippen molar-refractivity contribution in [1.82, 2.24) is 31.9 Å². The highest BCUT2D eigenvalue weighted by Crippen LogP contribution is 2.33. The summed E-state index contributed by atoms with van der Waals surface area (Å²) in [7, 11) is 0. The molecule has 2 fully saturated rings. The van der Waals surface area contributed by atoms with Gasteiger partial charge in [-0.05, 0) is 25.2 Å². The van der Waals surface area contributed by atoms with Crippen molar-refractivity contribution in [2.45, 2.75) is 107 Å². The van der Waals surface area contributed by atoms with Crippen LogP contribution in [0.5, 0.6) is 0 Å². The molecule has 2 saturated heterocycles. The van der Waals surface area contributed by atoms with Gasteiger partial charge in [-0.2, -0.15) is 11.8 Å². The van der Waals surface area contributed by atoms with Crippen molar-refractivity contribution < 1.29 is 58.5 Å². The normalized spacial score (nSPS) is 20.7. The second-order valence-electron chi connectivity index (χ2n) is 11.7. The first-order chi connectivity index (χ1) is 22.1. The summed E-state index contributed by atoms with van der Waals surface area (Å²) in [5.74, 6) is -7.52. The minimum absolute atomic E-state index is 0.00615. The number of rotatable bonds is 21. The number of fused-ring (bicyclic) bond motifs is 1. The Morgan fingerprint density at radius 1 is 0.830 bits per heavy atom. The molecule has 7 atom stereocenters. The minimum atomic E-state index is -1.61. The van der Waals surface area contributed by atoms with Crippen molar-refractivity contribution in [1.29, 1.82) is 0 Å². The lowest BCUT2D eigenvalue weighted by molar-refractivity contribution is -0.141. The van der Waals surface area contributed by atoms with Crippen molar-refractivity contribution in [3.05, 3.63) is 0 Å². The summed E-state index contributed by atoms with van der Waals surface area (Å²) < 4.78 is 0. The molecule has 18 nitrogen and oxygen atoms in total. The Morgan fingerprint density at radius 3 is 2.09 bits per heavy atom. The van der Waals surface area contributed by atoms with Crippen LogP contribution in [0, 0.1) is 5.92 Å². The molecule has 2 rings (SSSR count). The number of aldehydes is 1. The van der Waals surface area contributed by atoms with Crippen LogP contribution in [0.15, 0.2) is 0 Å². The van der Waals surface area contributed by atoms with Gasteiger partial charge in [-0.1, -0.05) is 20.3 Å². The van der Waals surface area contributed by atoms with E-state index in [2.05, 4.69) is 31.9 Å². The number of carbonyl (C=O) groups excluding carboxylic acids is 6. The van der Waals surface area contributed by atoms with E-state index in [9.17, 15) is 48.3 Å². The van der Waals surface area contributed by atoms with Crippen LogP contribution < -0.4 is 31.9 Å². The summed E-state index contributed by atoms with van der Waals surface area (Å²) in [4.78, 5) is 108. The van der Waals surface area contributed by atoms with Gasteiger partial charge in [-0.15, -0.1) is 0 Å². The van der Waals surface area contributed by atoms with Gasteiger partial charge in [0, 0.05) is 23.8 Å². The van der Waals surface area contributed by atoms with Gasteiger partial charge < -0.3 is 52.0 Å². The van der Waals surface area contributed by atoms with Crippen LogP contribution in [0.2, 0.25) is 0 Å². The summed E-state index contributed by atoms with van der Waals surface area (Å²) >= 11 is 1.72. The third-order valence-electron chi connectivity index (χ3n) is 7.52. The lowest BCUT2D eigenvalue weighted by Crippen LogP contribution is -2.58. The first-order valence-corrected chi connectivity index (χ1v) is 16.2. The first-order valence-electron chi connectivity index (χ1n) is 15.1. The van der Waals surface area contributed by atoms with Gasteiger partial charge >= 0.3 is 23.9 Å². The number of hydrogen-bond donors (Lipinski definition) is 9. The van der Waals surface area contributed by atoms with Crippen LogP contribution in [0.3, 0.4) is 0 Å². The van der Waals surface area contributed by atoms with Crippen LogP contribution in [-0.4, -0.2) is 116 Å². The van der Waals surface area contributed by atoms with Gasteiger partial charge in [0.15, 0.2) is 0 Å². The van der Waals surface area contributed by atoms with E-state index in [4.69, 9.17) is 10.2 Å². The topological polar surface area (TPSA) is 286 Å². The molecule has 2 heterocycles. The van der Waals surface area contributed by atoms with Gasteiger partial charge in [0.2, 0.25) is 23.6 Å². The number of carboxylic acids is 3. The molecule has 0 aromatic rings. The van der Waals surface area contributed by atoms with E-state index in [0.717, 1.165) is 12.2 Å². The molecular weight excluding hydrogens is 644 g/mol. The molecule has 6 amide bonds. The summed E-state index contributed by atoms with van der Waals surface area (Å²) in [6, 6.07) is -6.04. The standard InChI is InChI=1S/C28H42N6O12S/c1-13(2)23(27(45)29-14(11-35)9-21(39)40)33-25(43)15(7-8-20(37)38)31-26(44)16(10-22(41)42)30-19(36)6-4-3-5-18-24-17(12-47-18)32-28(46)34-24/h11,13-18,23-24H,3-10,12H2,1-2H3,(H,29,45)(H,30,36)(H,31,44)(H,33,43)(H,37,38)(H,39,40)(H,41,42)(H2,32,34,46)/t14-,15+,16+,17+,18+,23+,24-/m1/s1. The molecular formula is C28H42N6O12S. The third kappa shape index (κ3) is 13.1. The van der Waals surface area contributed by atoms with Crippen LogP contribution >= 0.6 is 11.8 Å². The summed E-state index contributed by atoms with van der Waals surface area (Å²) in [6.07, 6.45) is -0.640. The molecule has 0 aromatic carbocycles. The second-order valence-corrected chi connectivity index (χ2v) is 12.9. The van der Waals surface area contributed by atoms with E-state index < -0.39 is 97.3 Å². The molecule has 0 aromatic heterocycles. The quantitative estimate of drug-likeness (QED) is 0.0371. The highest BCUT2D eigenvalue weighted by atomic mass is 32.2. The smallest absolute Gasteiger partial charge is 0.315 e. The zero-order chi connectivity index (χ0) is 35.3. The monoisotopic (exact) mass is 686 g/mol. The Balaban J connectivity index is 2.02. The predicted molar refractivity (Wildman–Crippen MR) is 164 cm³/mol. The average Bonchev–Trinajstić information content (AvgIpc) is 3.53. The highest BCUT2D eigenvalue weighted by Gasteiger charge is 2.42. The largest absolute Gasteiger partial charge is 0.481 e. The van der Waals surface area contributed by atoms with E-state index in [1.54, 1.807) is 11.8 Å². The molecule has 2 aliphatic heterocycles. The molecule has 2 aliphatic rings. The zero-order valence-electron chi connectivity index (χ0n) is 26.0. The van der Waals surface area contributed by atoms with Gasteiger partial charge in [-0.3, -0.25) is 33.6 Å². The molecule has 9 N–H and O–H groups in total. The predicted octanol–water partition coefficient (Wildman–Crippen LogP) is -1.68.